The van der Waals surface area contributed by atoms with Crippen molar-refractivity contribution < 1.29 is 0 Å². The highest BCUT2D eigenvalue weighted by Gasteiger charge is 2.20. The fourth-order valence-corrected chi connectivity index (χ4v) is 7.64. The Bertz CT molecular complexity index is 2890. The van der Waals surface area contributed by atoms with Crippen LogP contribution in [0.2, 0.25) is 0 Å². The molecule has 1 heterocycles. The van der Waals surface area contributed by atoms with E-state index in [9.17, 15) is 0 Å². The van der Waals surface area contributed by atoms with Crippen molar-refractivity contribution in [3.63, 3.8) is 0 Å². The van der Waals surface area contributed by atoms with Gasteiger partial charge < -0.3 is 0 Å². The number of aromatic nitrogens is 3. The van der Waals surface area contributed by atoms with Gasteiger partial charge in [0.05, 0.1) is 0 Å². The Morgan fingerprint density at radius 1 is 0.250 bits per heavy atom. The molecule has 0 saturated heterocycles. The van der Waals surface area contributed by atoms with Crippen LogP contribution < -0.4 is 0 Å². The molecule has 242 valence electrons. The third-order valence-corrected chi connectivity index (χ3v) is 10.1. The molecule has 0 aliphatic carbocycles. The Morgan fingerprint density at radius 3 is 1.44 bits per heavy atom. The second-order valence-corrected chi connectivity index (χ2v) is 13.2. The van der Waals surface area contributed by atoms with Crippen LogP contribution in [0.4, 0.5) is 0 Å². The van der Waals surface area contributed by atoms with Crippen LogP contribution >= 0.6 is 0 Å². The van der Waals surface area contributed by atoms with E-state index in [1.165, 1.54) is 60.0 Å². The smallest absolute Gasteiger partial charge is 0.164 e. The maximum absolute atomic E-state index is 5.11. The van der Waals surface area contributed by atoms with Crippen LogP contribution in [0.5, 0.6) is 0 Å². The molecule has 0 spiro atoms. The van der Waals surface area contributed by atoms with Gasteiger partial charge in [-0.3, -0.25) is 0 Å². The number of benzene rings is 9. The van der Waals surface area contributed by atoms with Crippen molar-refractivity contribution in [2.45, 2.75) is 0 Å². The van der Waals surface area contributed by atoms with Crippen LogP contribution in [0, 0.1) is 0 Å². The molecule has 0 fully saturated rings. The molecule has 10 aromatic rings. The van der Waals surface area contributed by atoms with Gasteiger partial charge in [0.2, 0.25) is 0 Å². The molecule has 0 unspecified atom stereocenters. The summed E-state index contributed by atoms with van der Waals surface area (Å²) in [5.41, 5.74) is 7.65. The lowest BCUT2D eigenvalue weighted by molar-refractivity contribution is 1.07. The van der Waals surface area contributed by atoms with E-state index >= 15 is 0 Å². The normalized spacial score (nSPS) is 11.5. The van der Waals surface area contributed by atoms with E-state index in [0.717, 1.165) is 22.1 Å². The van der Waals surface area contributed by atoms with Crippen molar-refractivity contribution in [2.24, 2.45) is 0 Å². The minimum atomic E-state index is 0.638. The van der Waals surface area contributed by atoms with Crippen LogP contribution in [0.25, 0.3) is 99.5 Å². The molecular formula is C49H31N3. The molecule has 1 aromatic heterocycles. The van der Waals surface area contributed by atoms with Crippen LogP contribution in [0.15, 0.2) is 188 Å². The maximum Gasteiger partial charge on any atom is 0.164 e. The van der Waals surface area contributed by atoms with E-state index in [4.69, 9.17) is 15.0 Å². The highest BCUT2D eigenvalue weighted by Crippen LogP contribution is 2.46. The van der Waals surface area contributed by atoms with Crippen LogP contribution in [-0.4, -0.2) is 15.0 Å². The lowest BCUT2D eigenvalue weighted by Gasteiger charge is -2.20. The van der Waals surface area contributed by atoms with E-state index in [1.807, 2.05) is 36.4 Å². The standard InChI is InChI=1S/C49H31N3/c1-3-16-34(17-4-1)47-50-48(35-18-5-2-6-19-35)52-49(51-47)38-28-29-43-44(31-38)46(40-25-13-21-33-15-9-10-22-39(33)40)42-24-12-11-23-41(42)45(43)37-27-26-32-14-7-8-20-36(32)30-37/h1-31H. The first-order valence-electron chi connectivity index (χ1n) is 17.6. The number of fused-ring (bicyclic) bond motifs is 4. The zero-order valence-electron chi connectivity index (χ0n) is 28.2. The highest BCUT2D eigenvalue weighted by atomic mass is 15.0. The summed E-state index contributed by atoms with van der Waals surface area (Å²) < 4.78 is 0. The highest BCUT2D eigenvalue weighted by molar-refractivity contribution is 6.24. The molecule has 10 rings (SSSR count). The van der Waals surface area contributed by atoms with Crippen molar-refractivity contribution in [3.8, 4) is 56.4 Å². The van der Waals surface area contributed by atoms with Crippen molar-refractivity contribution >= 4 is 43.1 Å². The van der Waals surface area contributed by atoms with Gasteiger partial charge in [0, 0.05) is 16.7 Å². The second-order valence-electron chi connectivity index (χ2n) is 13.2. The van der Waals surface area contributed by atoms with Gasteiger partial charge >= 0.3 is 0 Å². The zero-order chi connectivity index (χ0) is 34.4. The predicted molar refractivity (Wildman–Crippen MR) is 217 cm³/mol. The molecule has 0 N–H and O–H groups in total. The van der Waals surface area contributed by atoms with Gasteiger partial charge in [-0.15, -0.1) is 0 Å². The van der Waals surface area contributed by atoms with Gasteiger partial charge in [0.25, 0.3) is 0 Å². The molecule has 0 saturated carbocycles. The minimum absolute atomic E-state index is 0.638. The van der Waals surface area contributed by atoms with Crippen LogP contribution in [0.1, 0.15) is 0 Å². The summed E-state index contributed by atoms with van der Waals surface area (Å²) in [5.74, 6) is 1.93. The maximum atomic E-state index is 5.11. The molecule has 0 atom stereocenters. The number of hydrogen-bond donors (Lipinski definition) is 0. The topological polar surface area (TPSA) is 38.7 Å². The first-order chi connectivity index (χ1) is 25.8. The number of hydrogen-bond acceptors (Lipinski definition) is 3. The molecule has 0 bridgehead atoms. The fraction of sp³-hybridized carbons (Fsp3) is 0. The average Bonchev–Trinajstić information content (AvgIpc) is 3.22. The third-order valence-electron chi connectivity index (χ3n) is 10.1. The van der Waals surface area contributed by atoms with E-state index < -0.39 is 0 Å². The molecular weight excluding hydrogens is 631 g/mol. The van der Waals surface area contributed by atoms with E-state index in [-0.39, 0.29) is 0 Å². The summed E-state index contributed by atoms with van der Waals surface area (Å²) in [7, 11) is 0. The van der Waals surface area contributed by atoms with Crippen LogP contribution in [-0.2, 0) is 0 Å². The zero-order valence-corrected chi connectivity index (χ0v) is 28.2. The SMILES string of the molecule is c1ccc(-c2nc(-c3ccccc3)nc(-c3ccc4c(-c5ccc6ccccc6c5)c5ccccc5c(-c5cccc6ccccc56)c4c3)n2)cc1. The number of nitrogens with zero attached hydrogens (tertiary/aromatic N) is 3. The van der Waals surface area contributed by atoms with E-state index in [0.29, 0.717) is 17.5 Å². The van der Waals surface area contributed by atoms with Gasteiger partial charge in [-0.05, 0) is 77.5 Å². The largest absolute Gasteiger partial charge is 0.208 e. The summed E-state index contributed by atoms with van der Waals surface area (Å²) in [6, 6.07) is 66.6. The lowest BCUT2D eigenvalue weighted by Crippen LogP contribution is -2.00. The summed E-state index contributed by atoms with van der Waals surface area (Å²) in [6.45, 7) is 0. The van der Waals surface area contributed by atoms with Crippen molar-refractivity contribution in [1.82, 2.24) is 15.0 Å². The molecule has 0 radical (unpaired) electrons. The average molecular weight is 662 g/mol. The Labute approximate surface area is 301 Å². The Kier molecular flexibility index (Phi) is 7.14. The van der Waals surface area contributed by atoms with E-state index in [1.54, 1.807) is 0 Å². The molecule has 9 aromatic carbocycles. The third kappa shape index (κ3) is 5.10. The summed E-state index contributed by atoms with van der Waals surface area (Å²) in [5, 5.41) is 9.64. The Hall–Kier alpha value is -6.97. The van der Waals surface area contributed by atoms with Crippen molar-refractivity contribution in [1.29, 1.82) is 0 Å². The van der Waals surface area contributed by atoms with Crippen molar-refractivity contribution in [2.75, 3.05) is 0 Å². The van der Waals surface area contributed by atoms with Gasteiger partial charge in [-0.1, -0.05) is 176 Å². The van der Waals surface area contributed by atoms with E-state index in [2.05, 4.69) is 152 Å². The monoisotopic (exact) mass is 661 g/mol. The molecule has 3 nitrogen and oxygen atoms in total. The number of rotatable bonds is 5. The molecule has 0 amide bonds. The van der Waals surface area contributed by atoms with Gasteiger partial charge in [0.1, 0.15) is 0 Å². The predicted octanol–water partition coefficient (Wildman–Crippen LogP) is 12.8. The van der Waals surface area contributed by atoms with Gasteiger partial charge in [-0.2, -0.15) is 0 Å². The molecule has 0 aliphatic rings. The molecule has 52 heavy (non-hydrogen) atoms. The summed E-state index contributed by atoms with van der Waals surface area (Å²) >= 11 is 0. The Morgan fingerprint density at radius 2 is 0.750 bits per heavy atom. The first kappa shape index (κ1) is 29.9. The first-order valence-corrected chi connectivity index (χ1v) is 17.6. The fourth-order valence-electron chi connectivity index (χ4n) is 7.64. The summed E-state index contributed by atoms with van der Waals surface area (Å²) in [4.78, 5) is 15.2. The van der Waals surface area contributed by atoms with Gasteiger partial charge in [0.15, 0.2) is 17.5 Å². The van der Waals surface area contributed by atoms with Crippen molar-refractivity contribution in [3.05, 3.63) is 188 Å². The molecule has 0 aliphatic heterocycles. The van der Waals surface area contributed by atoms with Crippen LogP contribution in [0.3, 0.4) is 0 Å². The quantitative estimate of drug-likeness (QED) is 0.172. The summed E-state index contributed by atoms with van der Waals surface area (Å²) in [6.07, 6.45) is 0. The second kappa shape index (κ2) is 12.4. The molecule has 3 heteroatoms. The minimum Gasteiger partial charge on any atom is -0.208 e. The lowest BCUT2D eigenvalue weighted by atomic mass is 9.84. The Balaban J connectivity index is 1.31. The van der Waals surface area contributed by atoms with Gasteiger partial charge in [-0.25, -0.2) is 15.0 Å².